The van der Waals surface area contributed by atoms with E-state index in [1.54, 1.807) is 17.3 Å². The quantitative estimate of drug-likeness (QED) is 0.853. The number of hydrogen-bond donors (Lipinski definition) is 0. The number of rotatable bonds is 3. The molecule has 5 heteroatoms. The van der Waals surface area contributed by atoms with Crippen molar-refractivity contribution in [3.63, 3.8) is 0 Å². The molecule has 0 aliphatic carbocycles. The molecule has 1 saturated heterocycles. The molecule has 1 aliphatic heterocycles. The molecule has 0 spiro atoms. The summed E-state index contributed by atoms with van der Waals surface area (Å²) in [5, 5.41) is 0. The Morgan fingerprint density at radius 2 is 1.95 bits per heavy atom. The summed E-state index contributed by atoms with van der Waals surface area (Å²) in [6.07, 6.45) is 3.31. The van der Waals surface area contributed by atoms with Gasteiger partial charge < -0.3 is 14.4 Å². The molecule has 0 radical (unpaired) electrons. The van der Waals surface area contributed by atoms with E-state index in [2.05, 4.69) is 4.98 Å². The first kappa shape index (κ1) is 14.8. The lowest BCUT2D eigenvalue weighted by Crippen LogP contribution is -2.56. The second kappa shape index (κ2) is 5.79. The highest BCUT2D eigenvalue weighted by atomic mass is 16.6. The summed E-state index contributed by atoms with van der Waals surface area (Å²) in [7, 11) is 0. The Balaban J connectivity index is 1.76. The zero-order chi connectivity index (χ0) is 14.8. The average Bonchev–Trinajstić information content (AvgIpc) is 2.31. The number of pyridine rings is 1. The van der Waals surface area contributed by atoms with E-state index >= 15 is 0 Å². The second-order valence-electron chi connectivity index (χ2n) is 6.07. The van der Waals surface area contributed by atoms with Crippen molar-refractivity contribution in [2.24, 2.45) is 0 Å². The van der Waals surface area contributed by atoms with Crippen molar-refractivity contribution in [2.75, 3.05) is 13.1 Å². The molecule has 1 aromatic rings. The van der Waals surface area contributed by atoms with Crippen LogP contribution in [0.3, 0.4) is 0 Å². The first-order chi connectivity index (χ1) is 9.35. The van der Waals surface area contributed by atoms with Gasteiger partial charge in [0.15, 0.2) is 0 Å². The Morgan fingerprint density at radius 3 is 2.50 bits per heavy atom. The van der Waals surface area contributed by atoms with Gasteiger partial charge in [-0.25, -0.2) is 4.79 Å². The van der Waals surface area contributed by atoms with Crippen molar-refractivity contribution in [1.82, 2.24) is 9.88 Å². The summed E-state index contributed by atoms with van der Waals surface area (Å²) < 4.78 is 11.2. The molecule has 110 valence electrons. The Morgan fingerprint density at radius 1 is 1.35 bits per heavy atom. The molecule has 2 heterocycles. The molecule has 1 fully saturated rings. The third-order valence-corrected chi connectivity index (χ3v) is 3.07. The molecule has 1 amide bonds. The van der Waals surface area contributed by atoms with Crippen LogP contribution in [0.4, 0.5) is 4.79 Å². The lowest BCUT2D eigenvalue weighted by molar-refractivity contribution is -0.0895. The van der Waals surface area contributed by atoms with Gasteiger partial charge in [-0.2, -0.15) is 0 Å². The number of carbonyl (C=O) groups excluding carboxylic acids is 1. The van der Waals surface area contributed by atoms with Gasteiger partial charge in [-0.15, -0.1) is 0 Å². The van der Waals surface area contributed by atoms with E-state index in [4.69, 9.17) is 9.47 Å². The molecule has 1 unspecified atom stereocenters. The number of nitrogens with zero attached hydrogens (tertiary/aromatic N) is 2. The van der Waals surface area contributed by atoms with Crippen LogP contribution >= 0.6 is 0 Å². The summed E-state index contributed by atoms with van der Waals surface area (Å²) in [5.74, 6) is 0. The fraction of sp³-hybridized carbons (Fsp3) is 0.600. The maximum absolute atomic E-state index is 11.8. The smallest absolute Gasteiger partial charge is 0.410 e. The fourth-order valence-corrected chi connectivity index (χ4v) is 2.00. The molecular formula is C15H22N2O3. The zero-order valence-corrected chi connectivity index (χ0v) is 12.5. The van der Waals surface area contributed by atoms with Crippen LogP contribution in [0.25, 0.3) is 0 Å². The second-order valence-corrected chi connectivity index (χ2v) is 6.07. The van der Waals surface area contributed by atoms with Crippen molar-refractivity contribution in [2.45, 2.75) is 45.5 Å². The van der Waals surface area contributed by atoms with Crippen LogP contribution in [-0.4, -0.2) is 40.8 Å². The molecular weight excluding hydrogens is 256 g/mol. The average molecular weight is 278 g/mol. The number of hydrogen-bond acceptors (Lipinski definition) is 4. The molecule has 1 aliphatic rings. The first-order valence-electron chi connectivity index (χ1n) is 6.88. The van der Waals surface area contributed by atoms with Gasteiger partial charge in [0.2, 0.25) is 0 Å². The van der Waals surface area contributed by atoms with Crippen LogP contribution in [0.5, 0.6) is 0 Å². The number of aromatic nitrogens is 1. The summed E-state index contributed by atoms with van der Waals surface area (Å²) in [4.78, 5) is 17.4. The molecule has 1 atom stereocenters. The van der Waals surface area contributed by atoms with Gasteiger partial charge in [0.05, 0.1) is 25.3 Å². The maximum atomic E-state index is 11.8. The number of carbonyl (C=O) groups is 1. The highest BCUT2D eigenvalue weighted by molar-refractivity contribution is 5.69. The molecule has 5 nitrogen and oxygen atoms in total. The minimum absolute atomic E-state index is 0.00351. The highest BCUT2D eigenvalue weighted by Gasteiger charge is 2.35. The van der Waals surface area contributed by atoms with Crippen molar-refractivity contribution < 1.29 is 14.3 Å². The summed E-state index contributed by atoms with van der Waals surface area (Å²) in [6, 6.07) is 3.88. The number of amides is 1. The maximum Gasteiger partial charge on any atom is 0.410 e. The van der Waals surface area contributed by atoms with E-state index in [0.717, 1.165) is 5.56 Å². The Hall–Kier alpha value is -1.62. The van der Waals surface area contributed by atoms with E-state index in [0.29, 0.717) is 13.1 Å². The Bertz CT molecular complexity index is 450. The normalized spacial score (nSPS) is 17.5. The first-order valence-corrected chi connectivity index (χ1v) is 6.88. The van der Waals surface area contributed by atoms with Gasteiger partial charge in [-0.05, 0) is 45.4 Å². The molecule has 1 aromatic heterocycles. The number of ether oxygens (including phenoxy) is 2. The van der Waals surface area contributed by atoms with Crippen molar-refractivity contribution in [3.05, 3.63) is 30.1 Å². The standard InChI is InChI=1S/C15H22N2O3/c1-11(12-5-7-16-8-6-12)19-13-9-17(10-13)14(18)20-15(2,3)4/h5-8,11,13H,9-10H2,1-4H3. The lowest BCUT2D eigenvalue weighted by atomic mass is 10.1. The number of likely N-dealkylation sites (tertiary alicyclic amines) is 1. The van der Waals surface area contributed by atoms with Gasteiger partial charge in [0.25, 0.3) is 0 Å². The Labute approximate surface area is 119 Å². The van der Waals surface area contributed by atoms with Crippen molar-refractivity contribution in [3.8, 4) is 0 Å². The molecule has 0 N–H and O–H groups in total. The molecule has 0 bridgehead atoms. The summed E-state index contributed by atoms with van der Waals surface area (Å²) in [6.45, 7) is 8.78. The third-order valence-electron chi connectivity index (χ3n) is 3.07. The van der Waals surface area contributed by atoms with Gasteiger partial charge >= 0.3 is 6.09 Å². The van der Waals surface area contributed by atoms with E-state index in [1.807, 2.05) is 39.8 Å². The fourth-order valence-electron chi connectivity index (χ4n) is 2.00. The van der Waals surface area contributed by atoms with Crippen molar-refractivity contribution in [1.29, 1.82) is 0 Å². The SMILES string of the molecule is CC(OC1CN(C(=O)OC(C)(C)C)C1)c1ccncc1. The highest BCUT2D eigenvalue weighted by Crippen LogP contribution is 2.23. The molecule has 0 saturated carbocycles. The van der Waals surface area contributed by atoms with Gasteiger partial charge in [0, 0.05) is 12.4 Å². The van der Waals surface area contributed by atoms with Crippen LogP contribution in [0, 0.1) is 0 Å². The lowest BCUT2D eigenvalue weighted by Gasteiger charge is -2.40. The van der Waals surface area contributed by atoms with Crippen LogP contribution in [0.2, 0.25) is 0 Å². The summed E-state index contributed by atoms with van der Waals surface area (Å²) in [5.41, 5.74) is 0.642. The van der Waals surface area contributed by atoms with Gasteiger partial charge in [-0.3, -0.25) is 4.98 Å². The largest absolute Gasteiger partial charge is 0.444 e. The van der Waals surface area contributed by atoms with Crippen LogP contribution in [0.1, 0.15) is 39.4 Å². The molecule has 20 heavy (non-hydrogen) atoms. The minimum Gasteiger partial charge on any atom is -0.444 e. The van der Waals surface area contributed by atoms with Crippen LogP contribution in [-0.2, 0) is 9.47 Å². The topological polar surface area (TPSA) is 51.7 Å². The van der Waals surface area contributed by atoms with Crippen LogP contribution < -0.4 is 0 Å². The van der Waals surface area contributed by atoms with Crippen molar-refractivity contribution >= 4 is 6.09 Å². The van der Waals surface area contributed by atoms with E-state index < -0.39 is 5.60 Å². The molecule has 0 aromatic carbocycles. The van der Waals surface area contributed by atoms with E-state index in [-0.39, 0.29) is 18.3 Å². The Kier molecular flexibility index (Phi) is 4.28. The zero-order valence-electron chi connectivity index (χ0n) is 12.5. The van der Waals surface area contributed by atoms with Crippen LogP contribution in [0.15, 0.2) is 24.5 Å². The predicted octanol–water partition coefficient (Wildman–Crippen LogP) is 2.78. The molecule has 2 rings (SSSR count). The minimum atomic E-state index is -0.451. The summed E-state index contributed by atoms with van der Waals surface area (Å²) >= 11 is 0. The third kappa shape index (κ3) is 3.93. The van der Waals surface area contributed by atoms with E-state index in [1.165, 1.54) is 0 Å². The predicted molar refractivity (Wildman–Crippen MR) is 75.3 cm³/mol. The van der Waals surface area contributed by atoms with E-state index in [9.17, 15) is 4.79 Å². The monoisotopic (exact) mass is 278 g/mol. The van der Waals surface area contributed by atoms with Gasteiger partial charge in [0.1, 0.15) is 5.60 Å². The van der Waals surface area contributed by atoms with Gasteiger partial charge in [-0.1, -0.05) is 0 Å².